The summed E-state index contributed by atoms with van der Waals surface area (Å²) in [5, 5.41) is 4.62. The molecule has 1 aliphatic rings. The second-order valence-electron chi connectivity index (χ2n) is 4.58. The van der Waals surface area contributed by atoms with E-state index in [-0.39, 0.29) is 0 Å². The van der Waals surface area contributed by atoms with Gasteiger partial charge in [0.05, 0.1) is 11.5 Å². The number of carboxylic acids is 1. The van der Waals surface area contributed by atoms with Crippen LogP contribution in [0.1, 0.15) is 13.8 Å². The Labute approximate surface area is 100 Å². The first kappa shape index (κ1) is 14.3. The van der Waals surface area contributed by atoms with Gasteiger partial charge in [0, 0.05) is 0 Å². The summed E-state index contributed by atoms with van der Waals surface area (Å²) < 4.78 is 50.1. The van der Waals surface area contributed by atoms with Crippen molar-refractivity contribution in [1.29, 1.82) is 0 Å². The molecule has 0 aliphatic heterocycles. The molecule has 7 heteroatoms. The van der Waals surface area contributed by atoms with E-state index in [1.807, 2.05) is 0 Å². The zero-order chi connectivity index (χ0) is 13.6. The molecule has 0 heterocycles. The molecule has 0 bridgehead atoms. The van der Waals surface area contributed by atoms with E-state index >= 15 is 0 Å². The molecule has 1 rings (SSSR count). The lowest BCUT2D eigenvalue weighted by atomic mass is 10.1. The van der Waals surface area contributed by atoms with Crippen LogP contribution in [0.4, 0.5) is 17.6 Å². The highest BCUT2D eigenvalue weighted by Gasteiger charge is 2.61. The highest BCUT2D eigenvalue weighted by molar-refractivity contribution is 6.23. The molecule has 0 amide bonds. The van der Waals surface area contributed by atoms with Crippen molar-refractivity contribution < 1.29 is 27.5 Å². The number of halogens is 5. The molecule has 1 saturated carbocycles. The lowest BCUT2D eigenvalue weighted by Gasteiger charge is -2.12. The molecule has 2 nitrogen and oxygen atoms in total. The Hall–Kier alpha value is -0.780. The van der Waals surface area contributed by atoms with Gasteiger partial charge in [-0.2, -0.15) is 8.78 Å². The fourth-order valence-electron chi connectivity index (χ4n) is 1.94. The molecular formula is C10H11ClF4O2. The molecule has 98 valence electrons. The third kappa shape index (κ3) is 2.73. The van der Waals surface area contributed by atoms with Crippen LogP contribution in [0.15, 0.2) is 11.6 Å². The van der Waals surface area contributed by atoms with Crippen LogP contribution in [0.25, 0.3) is 0 Å². The van der Waals surface area contributed by atoms with Crippen molar-refractivity contribution >= 4 is 17.6 Å². The van der Waals surface area contributed by atoms with Gasteiger partial charge >= 0.3 is 11.4 Å². The first-order valence-electron chi connectivity index (χ1n) is 4.79. The van der Waals surface area contributed by atoms with Crippen LogP contribution in [0.3, 0.4) is 0 Å². The summed E-state index contributed by atoms with van der Waals surface area (Å²) in [7, 11) is 0. The molecule has 0 unspecified atom stereocenters. The van der Waals surface area contributed by atoms with Gasteiger partial charge in [-0.3, -0.25) is 4.79 Å². The summed E-state index contributed by atoms with van der Waals surface area (Å²) in [4.78, 5) is 10.8. The summed E-state index contributed by atoms with van der Waals surface area (Å²) in [6.07, 6.45) is -2.82. The highest BCUT2D eigenvalue weighted by Crippen LogP contribution is 2.60. The molecule has 1 fully saturated rings. The van der Waals surface area contributed by atoms with E-state index in [1.54, 1.807) is 0 Å². The maximum Gasteiger partial charge on any atom is 0.349 e. The van der Waals surface area contributed by atoms with Gasteiger partial charge in [-0.25, -0.2) is 8.78 Å². The highest BCUT2D eigenvalue weighted by atomic mass is 35.5. The Balaban J connectivity index is 2.99. The topological polar surface area (TPSA) is 37.3 Å². The summed E-state index contributed by atoms with van der Waals surface area (Å²) in [6.45, 7) is 3.03. The van der Waals surface area contributed by atoms with Crippen LogP contribution >= 0.6 is 11.6 Å². The van der Waals surface area contributed by atoms with Gasteiger partial charge in [0.25, 0.3) is 6.43 Å². The minimum absolute atomic E-state index is 0.594. The van der Waals surface area contributed by atoms with Gasteiger partial charge in [-0.05, 0) is 22.9 Å². The Morgan fingerprint density at radius 1 is 1.47 bits per heavy atom. The number of carbonyl (C=O) groups is 1. The van der Waals surface area contributed by atoms with Crippen molar-refractivity contribution in [1.82, 2.24) is 0 Å². The Morgan fingerprint density at radius 3 is 2.18 bits per heavy atom. The van der Waals surface area contributed by atoms with E-state index in [0.29, 0.717) is 6.08 Å². The lowest BCUT2D eigenvalue weighted by molar-refractivity contribution is -0.139. The maximum atomic E-state index is 12.7. The Kier molecular flexibility index (Phi) is 3.49. The summed E-state index contributed by atoms with van der Waals surface area (Å²) in [5.74, 6) is -2.98. The van der Waals surface area contributed by atoms with Crippen molar-refractivity contribution in [3.8, 4) is 0 Å². The zero-order valence-electron chi connectivity index (χ0n) is 9.05. The number of allylic oxidation sites excluding steroid dienone is 2. The van der Waals surface area contributed by atoms with Crippen LogP contribution in [0.5, 0.6) is 0 Å². The molecule has 0 aromatic rings. The molecule has 1 aliphatic carbocycles. The third-order valence-electron chi connectivity index (χ3n) is 3.10. The minimum atomic E-state index is -4.16. The second-order valence-corrected chi connectivity index (χ2v) is 5.06. The molecule has 17 heavy (non-hydrogen) atoms. The Bertz CT molecular complexity index is 360. The van der Waals surface area contributed by atoms with Crippen molar-refractivity contribution in [3.05, 3.63) is 11.6 Å². The SMILES string of the molecule is CC1(C)[C@H](C=C(C(F)F)C(F)(F)Cl)[C@H]1C(=O)O. The molecule has 0 radical (unpaired) electrons. The van der Waals surface area contributed by atoms with Crippen LogP contribution < -0.4 is 0 Å². The number of rotatable bonds is 4. The van der Waals surface area contributed by atoms with Crippen molar-refractivity contribution in [2.45, 2.75) is 25.7 Å². The molecule has 0 saturated heterocycles. The number of alkyl halides is 5. The predicted octanol–water partition coefficient (Wildman–Crippen LogP) is 3.37. The number of hydrogen-bond donors (Lipinski definition) is 1. The average Bonchev–Trinajstić information content (AvgIpc) is 2.60. The number of carboxylic acid groups (broad SMARTS) is 1. The predicted molar refractivity (Wildman–Crippen MR) is 53.3 cm³/mol. The smallest absolute Gasteiger partial charge is 0.349 e. The molecule has 0 aromatic heterocycles. The van der Waals surface area contributed by atoms with Crippen LogP contribution in [0.2, 0.25) is 0 Å². The average molecular weight is 275 g/mol. The van der Waals surface area contributed by atoms with E-state index in [4.69, 9.17) is 5.11 Å². The maximum absolute atomic E-state index is 12.7. The van der Waals surface area contributed by atoms with Gasteiger partial charge < -0.3 is 5.11 Å². The van der Waals surface area contributed by atoms with Gasteiger partial charge in [0.15, 0.2) is 0 Å². The number of hydrogen-bond acceptors (Lipinski definition) is 1. The number of aliphatic carboxylic acids is 1. The fourth-order valence-corrected chi connectivity index (χ4v) is 2.09. The molecular weight excluding hydrogens is 264 g/mol. The van der Waals surface area contributed by atoms with Gasteiger partial charge in [0.1, 0.15) is 0 Å². The summed E-state index contributed by atoms with van der Waals surface area (Å²) in [6, 6.07) is 0. The largest absolute Gasteiger partial charge is 0.481 e. The third-order valence-corrected chi connectivity index (χ3v) is 3.32. The zero-order valence-corrected chi connectivity index (χ0v) is 9.81. The molecule has 1 N–H and O–H groups in total. The first-order valence-corrected chi connectivity index (χ1v) is 5.17. The van der Waals surface area contributed by atoms with Crippen molar-refractivity contribution in [2.75, 3.05) is 0 Å². The lowest BCUT2D eigenvalue weighted by Crippen LogP contribution is -2.17. The van der Waals surface area contributed by atoms with E-state index in [0.717, 1.165) is 0 Å². The minimum Gasteiger partial charge on any atom is -0.481 e. The van der Waals surface area contributed by atoms with Crippen LogP contribution in [0, 0.1) is 17.3 Å². The summed E-state index contributed by atoms with van der Waals surface area (Å²) >= 11 is 4.56. The molecule has 0 aromatic carbocycles. The molecule has 2 atom stereocenters. The van der Waals surface area contributed by atoms with Crippen LogP contribution in [-0.2, 0) is 4.79 Å². The van der Waals surface area contributed by atoms with E-state index < -0.39 is 40.6 Å². The van der Waals surface area contributed by atoms with Gasteiger partial charge in [-0.15, -0.1) is 0 Å². The van der Waals surface area contributed by atoms with Gasteiger partial charge in [-0.1, -0.05) is 19.9 Å². The fraction of sp³-hybridized carbons (Fsp3) is 0.700. The second kappa shape index (κ2) is 4.15. The quantitative estimate of drug-likeness (QED) is 0.485. The van der Waals surface area contributed by atoms with Crippen molar-refractivity contribution in [2.24, 2.45) is 17.3 Å². The van der Waals surface area contributed by atoms with E-state index in [2.05, 4.69) is 11.6 Å². The van der Waals surface area contributed by atoms with Gasteiger partial charge in [0.2, 0.25) is 0 Å². The Morgan fingerprint density at radius 2 is 1.94 bits per heavy atom. The first-order chi connectivity index (χ1) is 7.49. The normalized spacial score (nSPS) is 28.4. The monoisotopic (exact) mass is 274 g/mol. The molecule has 0 spiro atoms. The standard InChI is InChI=1S/C10H11ClF4O2/c1-9(2)4(6(9)8(16)17)3-5(7(12)13)10(11,14)15/h3-4,6-7H,1-2H3,(H,16,17)/t4-,6+/m1/s1. The van der Waals surface area contributed by atoms with Crippen LogP contribution in [-0.4, -0.2) is 22.9 Å². The van der Waals surface area contributed by atoms with E-state index in [9.17, 15) is 22.4 Å². The van der Waals surface area contributed by atoms with Crippen molar-refractivity contribution in [3.63, 3.8) is 0 Å². The summed E-state index contributed by atoms with van der Waals surface area (Å²) in [5.41, 5.74) is -2.34. The van der Waals surface area contributed by atoms with E-state index in [1.165, 1.54) is 13.8 Å².